The summed E-state index contributed by atoms with van der Waals surface area (Å²) in [5, 5.41) is 3.28. The van der Waals surface area contributed by atoms with E-state index in [1.165, 1.54) is 23.1 Å². The molecule has 0 saturated carbocycles. The number of amides is 1. The highest BCUT2D eigenvalue weighted by Crippen LogP contribution is 2.29. The van der Waals surface area contributed by atoms with Crippen molar-refractivity contribution in [2.24, 2.45) is 0 Å². The summed E-state index contributed by atoms with van der Waals surface area (Å²) in [4.78, 5) is 24.2. The lowest BCUT2D eigenvalue weighted by atomic mass is 9.77. The highest BCUT2D eigenvalue weighted by atomic mass is 32.2. The Morgan fingerprint density at radius 3 is 2.84 bits per heavy atom. The van der Waals surface area contributed by atoms with Gasteiger partial charge in [0.25, 0.3) is 5.91 Å². The molecule has 0 fully saturated rings. The van der Waals surface area contributed by atoms with Gasteiger partial charge < -0.3 is 16.0 Å². The first-order chi connectivity index (χ1) is 12.0. The van der Waals surface area contributed by atoms with Crippen LogP contribution in [0.2, 0.25) is 6.82 Å². The fourth-order valence-electron chi connectivity index (χ4n) is 2.09. The second kappa shape index (κ2) is 9.16. The van der Waals surface area contributed by atoms with Crippen molar-refractivity contribution in [2.75, 3.05) is 24.1 Å². The highest BCUT2D eigenvalue weighted by molar-refractivity contribution is 8.23. The largest absolute Gasteiger partial charge is 0.375 e. The predicted octanol–water partition coefficient (Wildman–Crippen LogP) is 2.47. The van der Waals surface area contributed by atoms with Crippen molar-refractivity contribution in [1.82, 2.24) is 14.9 Å². The Kier molecular flexibility index (Phi) is 7.21. The van der Waals surface area contributed by atoms with Crippen molar-refractivity contribution in [3.05, 3.63) is 23.3 Å². The number of nitrogens with zero attached hydrogens (tertiary/aromatic N) is 3. The Bertz CT molecular complexity index is 763. The average Bonchev–Trinajstić information content (AvgIpc) is 2.99. The third-order valence-electron chi connectivity index (χ3n) is 3.40. The maximum absolute atomic E-state index is 12.6. The lowest BCUT2D eigenvalue weighted by Crippen LogP contribution is -2.27. The minimum absolute atomic E-state index is 0.246. The summed E-state index contributed by atoms with van der Waals surface area (Å²) in [6, 6.07) is 1.75. The molecular weight excluding hydrogens is 373 g/mol. The molecule has 0 aromatic carbocycles. The molecule has 0 unspecified atom stereocenters. The van der Waals surface area contributed by atoms with Crippen molar-refractivity contribution in [2.45, 2.75) is 25.6 Å². The van der Waals surface area contributed by atoms with E-state index in [9.17, 15) is 4.79 Å². The third kappa shape index (κ3) is 4.93. The topological polar surface area (TPSA) is 84.1 Å². The number of nitrogen functional groups attached to an aromatic ring is 1. The van der Waals surface area contributed by atoms with Crippen molar-refractivity contribution < 1.29 is 4.79 Å². The molecule has 3 N–H and O–H groups in total. The van der Waals surface area contributed by atoms with Crippen LogP contribution in [0.1, 0.15) is 23.5 Å². The molecule has 6 nitrogen and oxygen atoms in total. The minimum Gasteiger partial charge on any atom is -0.375 e. The molecule has 1 amide bonds. The number of carbonyl (C=O) groups excluding carboxylic acids is 1. The van der Waals surface area contributed by atoms with Gasteiger partial charge >= 0.3 is 0 Å². The van der Waals surface area contributed by atoms with E-state index in [0.29, 0.717) is 21.3 Å². The van der Waals surface area contributed by atoms with Crippen LogP contribution in [0.15, 0.2) is 23.4 Å². The molecule has 0 aliphatic heterocycles. The van der Waals surface area contributed by atoms with Gasteiger partial charge in [-0.15, -0.1) is 0 Å². The fraction of sp³-hybridized carbons (Fsp3) is 0.333. The van der Waals surface area contributed by atoms with E-state index in [-0.39, 0.29) is 5.91 Å². The normalized spacial score (nSPS) is 10.4. The summed E-state index contributed by atoms with van der Waals surface area (Å²) >= 11 is 8.06. The highest BCUT2D eigenvalue weighted by Gasteiger charge is 2.18. The van der Waals surface area contributed by atoms with Crippen LogP contribution in [0.25, 0.3) is 0 Å². The molecule has 2 aromatic rings. The van der Waals surface area contributed by atoms with Crippen LogP contribution in [0, 0.1) is 0 Å². The van der Waals surface area contributed by atoms with Gasteiger partial charge in [0.05, 0.1) is 10.6 Å². The molecule has 0 saturated heterocycles. The lowest BCUT2D eigenvalue weighted by Gasteiger charge is -2.21. The maximum atomic E-state index is 12.6. The SMILES string of the molecule is C[B]c1nc(N)sc1C(=O)Nc1ccncc1SC(=S)N(CC)CC. The van der Waals surface area contributed by atoms with Crippen LogP contribution < -0.4 is 16.6 Å². The number of hydrogen-bond donors (Lipinski definition) is 2. The van der Waals surface area contributed by atoms with Crippen LogP contribution in [0.5, 0.6) is 0 Å². The van der Waals surface area contributed by atoms with E-state index in [1.54, 1.807) is 25.7 Å². The van der Waals surface area contributed by atoms with Gasteiger partial charge in [0.1, 0.15) is 9.20 Å². The zero-order valence-corrected chi connectivity index (χ0v) is 16.7. The van der Waals surface area contributed by atoms with E-state index < -0.39 is 0 Å². The van der Waals surface area contributed by atoms with Crippen molar-refractivity contribution in [3.63, 3.8) is 0 Å². The summed E-state index contributed by atoms with van der Waals surface area (Å²) in [5.74, 6) is -0.246. The predicted molar refractivity (Wildman–Crippen MR) is 111 cm³/mol. The van der Waals surface area contributed by atoms with Crippen molar-refractivity contribution >= 4 is 69.2 Å². The number of thiazole rings is 1. The number of thioether (sulfide) groups is 1. The quantitative estimate of drug-likeness (QED) is 0.444. The van der Waals surface area contributed by atoms with Gasteiger partial charge in [-0.1, -0.05) is 42.1 Å². The maximum Gasteiger partial charge on any atom is 0.266 e. The van der Waals surface area contributed by atoms with E-state index in [0.717, 1.165) is 22.3 Å². The molecule has 2 aromatic heterocycles. The van der Waals surface area contributed by atoms with E-state index in [2.05, 4.69) is 34.0 Å². The summed E-state index contributed by atoms with van der Waals surface area (Å²) in [6.07, 6.45) is 3.33. The van der Waals surface area contributed by atoms with Gasteiger partial charge in [0.2, 0.25) is 0 Å². The summed E-state index contributed by atoms with van der Waals surface area (Å²) in [6.45, 7) is 7.60. The molecule has 2 rings (SSSR count). The first-order valence-electron chi connectivity index (χ1n) is 7.77. The first-order valence-corrected chi connectivity index (χ1v) is 9.82. The second-order valence-corrected chi connectivity index (χ2v) is 7.63. The number of nitrogens with one attached hydrogen (secondary N) is 1. The van der Waals surface area contributed by atoms with E-state index >= 15 is 0 Å². The summed E-state index contributed by atoms with van der Waals surface area (Å²) < 4.78 is 0.748. The van der Waals surface area contributed by atoms with E-state index in [4.69, 9.17) is 18.0 Å². The standard InChI is InChI=1S/C15H19BN5OS3/c1-4-21(5-2)15(23)24-10-8-18-7-6-9(10)19-13(22)11-12(16-3)20-14(17)25-11/h6-8H,4-5H2,1-3H3,(H2,17,20)(H,18,19,22). The smallest absolute Gasteiger partial charge is 0.266 e. The van der Waals surface area contributed by atoms with Gasteiger partial charge in [-0.05, 0) is 19.9 Å². The monoisotopic (exact) mass is 392 g/mol. The Hall–Kier alpha value is -1.65. The Morgan fingerprint density at radius 2 is 2.20 bits per heavy atom. The average molecular weight is 392 g/mol. The summed E-state index contributed by atoms with van der Waals surface area (Å²) in [7, 11) is 1.76. The number of anilines is 2. The van der Waals surface area contributed by atoms with Crippen molar-refractivity contribution in [3.8, 4) is 0 Å². The lowest BCUT2D eigenvalue weighted by molar-refractivity contribution is 0.103. The van der Waals surface area contributed by atoms with Gasteiger partial charge in [0.15, 0.2) is 12.4 Å². The molecule has 0 spiro atoms. The van der Waals surface area contributed by atoms with Crippen LogP contribution in [-0.4, -0.2) is 45.5 Å². The molecular formula is C15H19BN5OS3. The molecule has 25 heavy (non-hydrogen) atoms. The number of aromatic nitrogens is 2. The van der Waals surface area contributed by atoms with Crippen LogP contribution in [-0.2, 0) is 0 Å². The first kappa shape index (κ1) is 19.7. The van der Waals surface area contributed by atoms with Crippen LogP contribution in [0.4, 0.5) is 10.8 Å². The third-order valence-corrected chi connectivity index (χ3v) is 5.79. The molecule has 0 aliphatic rings. The number of rotatable bonds is 6. The number of thiocarbonyl (C=S) groups is 1. The van der Waals surface area contributed by atoms with Gasteiger partial charge in [0, 0.05) is 31.1 Å². The molecule has 0 atom stereocenters. The summed E-state index contributed by atoms with van der Waals surface area (Å²) in [5.41, 5.74) is 6.96. The minimum atomic E-state index is -0.246. The molecule has 10 heteroatoms. The zero-order chi connectivity index (χ0) is 18.4. The molecule has 0 aliphatic carbocycles. The molecule has 0 bridgehead atoms. The molecule has 2 heterocycles. The van der Waals surface area contributed by atoms with E-state index in [1.807, 2.05) is 6.82 Å². The van der Waals surface area contributed by atoms with Crippen molar-refractivity contribution in [1.29, 1.82) is 0 Å². The number of pyridine rings is 1. The number of nitrogens with two attached hydrogens (primary N) is 1. The Labute approximate surface area is 161 Å². The van der Waals surface area contributed by atoms with Crippen LogP contribution in [0.3, 0.4) is 0 Å². The molecule has 131 valence electrons. The van der Waals surface area contributed by atoms with Gasteiger partial charge in [-0.3, -0.25) is 9.78 Å². The Balaban J connectivity index is 2.20. The van der Waals surface area contributed by atoms with Crippen LogP contribution >= 0.6 is 35.3 Å². The second-order valence-electron chi connectivity index (χ2n) is 4.92. The number of hydrogen-bond acceptors (Lipinski definition) is 7. The van der Waals surface area contributed by atoms with Gasteiger partial charge in [-0.2, -0.15) is 0 Å². The zero-order valence-electron chi connectivity index (χ0n) is 14.3. The van der Waals surface area contributed by atoms with Gasteiger partial charge in [-0.25, -0.2) is 4.98 Å². The number of carbonyl (C=O) groups is 1. The Morgan fingerprint density at radius 1 is 1.48 bits per heavy atom. The molecule has 1 radical (unpaired) electrons. The fourth-order valence-corrected chi connectivity index (χ4v) is 4.30.